The maximum absolute atomic E-state index is 9.78. The van der Waals surface area contributed by atoms with Crippen molar-refractivity contribution in [2.45, 2.75) is 51.6 Å². The van der Waals surface area contributed by atoms with E-state index in [1.807, 2.05) is 0 Å². The fourth-order valence-corrected chi connectivity index (χ4v) is 2.82. The minimum Gasteiger partial charge on any atom is -0.308 e. The topological polar surface area (TPSA) is 42.3 Å². The molecule has 0 bridgehead atoms. The first-order valence-electron chi connectivity index (χ1n) is 7.99. The zero-order valence-corrected chi connectivity index (χ0v) is 13.9. The van der Waals surface area contributed by atoms with Crippen LogP contribution in [0.1, 0.15) is 40.0 Å². The van der Waals surface area contributed by atoms with Crippen LogP contribution in [0.4, 0.5) is 0 Å². The van der Waals surface area contributed by atoms with E-state index < -0.39 is 0 Å². The highest BCUT2D eigenvalue weighted by Gasteiger charge is 2.46. The van der Waals surface area contributed by atoms with Crippen molar-refractivity contribution in [2.75, 3.05) is 40.3 Å². The quantitative estimate of drug-likeness (QED) is 0.664. The molecule has 1 rings (SSSR count). The molecular weight excluding hydrogens is 248 g/mol. The van der Waals surface area contributed by atoms with Crippen LogP contribution in [-0.2, 0) is 0 Å². The van der Waals surface area contributed by atoms with Crippen LogP contribution in [0, 0.1) is 17.2 Å². The molecule has 0 saturated heterocycles. The van der Waals surface area contributed by atoms with Crippen molar-refractivity contribution >= 4 is 0 Å². The first-order chi connectivity index (χ1) is 9.43. The average molecular weight is 280 g/mol. The van der Waals surface area contributed by atoms with Gasteiger partial charge in [0, 0.05) is 25.7 Å². The summed E-state index contributed by atoms with van der Waals surface area (Å²) in [7, 11) is 4.21. The molecular formula is C16H32N4. The van der Waals surface area contributed by atoms with E-state index in [-0.39, 0.29) is 5.54 Å². The van der Waals surface area contributed by atoms with Gasteiger partial charge in [-0.2, -0.15) is 5.26 Å². The number of likely N-dealkylation sites (N-methyl/N-ethyl adjacent to an activating group) is 1. The fourth-order valence-electron chi connectivity index (χ4n) is 2.82. The van der Waals surface area contributed by atoms with Crippen LogP contribution < -0.4 is 5.32 Å². The van der Waals surface area contributed by atoms with Gasteiger partial charge in [0.05, 0.1) is 6.07 Å². The van der Waals surface area contributed by atoms with Crippen molar-refractivity contribution < 1.29 is 0 Å². The van der Waals surface area contributed by atoms with Gasteiger partial charge in [-0.1, -0.05) is 6.92 Å². The summed E-state index contributed by atoms with van der Waals surface area (Å²) < 4.78 is 0. The Morgan fingerprint density at radius 3 is 2.30 bits per heavy atom. The molecule has 1 aliphatic rings. The summed E-state index contributed by atoms with van der Waals surface area (Å²) in [4.78, 5) is 4.67. The zero-order valence-electron chi connectivity index (χ0n) is 13.9. The predicted octanol–water partition coefficient (Wildman–Crippen LogP) is 1.93. The molecule has 0 aromatic rings. The monoisotopic (exact) mass is 280 g/mol. The van der Waals surface area contributed by atoms with Crippen LogP contribution in [-0.4, -0.2) is 61.7 Å². The Morgan fingerprint density at radius 1 is 1.25 bits per heavy atom. The van der Waals surface area contributed by atoms with Gasteiger partial charge in [0.25, 0.3) is 0 Å². The Bertz CT molecular complexity index is 317. The number of nitrogens with one attached hydrogen (secondary N) is 1. The number of hydrogen-bond donors (Lipinski definition) is 1. The van der Waals surface area contributed by atoms with Crippen LogP contribution in [0.15, 0.2) is 0 Å². The molecule has 116 valence electrons. The Kier molecular flexibility index (Phi) is 6.94. The maximum atomic E-state index is 9.78. The van der Waals surface area contributed by atoms with Gasteiger partial charge in [-0.3, -0.25) is 10.2 Å². The Balaban J connectivity index is 2.71. The Hall–Kier alpha value is -0.630. The lowest BCUT2D eigenvalue weighted by molar-refractivity contribution is 0.175. The molecule has 0 aromatic carbocycles. The van der Waals surface area contributed by atoms with Crippen molar-refractivity contribution in [3.05, 3.63) is 0 Å². The van der Waals surface area contributed by atoms with Gasteiger partial charge >= 0.3 is 0 Å². The summed E-state index contributed by atoms with van der Waals surface area (Å²) in [5.74, 6) is 0.536. The molecule has 0 aromatic heterocycles. The summed E-state index contributed by atoms with van der Waals surface area (Å²) >= 11 is 0. The molecule has 1 atom stereocenters. The van der Waals surface area contributed by atoms with Crippen molar-refractivity contribution in [1.29, 1.82) is 5.26 Å². The molecule has 0 amide bonds. The molecule has 4 heteroatoms. The molecule has 0 radical (unpaired) electrons. The molecule has 20 heavy (non-hydrogen) atoms. The average Bonchev–Trinajstić information content (AvgIpc) is 3.19. The number of rotatable bonds is 10. The largest absolute Gasteiger partial charge is 0.308 e. The van der Waals surface area contributed by atoms with Crippen LogP contribution in [0.2, 0.25) is 0 Å². The second-order valence-corrected chi connectivity index (χ2v) is 6.74. The predicted molar refractivity (Wildman–Crippen MR) is 84.6 cm³/mol. The van der Waals surface area contributed by atoms with E-state index in [9.17, 15) is 5.26 Å². The lowest BCUT2D eigenvalue weighted by Crippen LogP contribution is -2.57. The van der Waals surface area contributed by atoms with Gasteiger partial charge in [-0.25, -0.2) is 0 Å². The minimum absolute atomic E-state index is 0.352. The molecule has 1 fully saturated rings. The summed E-state index contributed by atoms with van der Waals surface area (Å²) in [5, 5.41) is 13.3. The lowest BCUT2D eigenvalue weighted by atomic mass is 9.93. The van der Waals surface area contributed by atoms with E-state index in [0.29, 0.717) is 12.0 Å². The summed E-state index contributed by atoms with van der Waals surface area (Å²) in [6.07, 6.45) is 3.53. The van der Waals surface area contributed by atoms with E-state index in [4.69, 9.17) is 0 Å². The van der Waals surface area contributed by atoms with Crippen molar-refractivity contribution in [3.8, 4) is 6.07 Å². The second kappa shape index (κ2) is 7.97. The third-order valence-electron chi connectivity index (χ3n) is 3.90. The first-order valence-corrected chi connectivity index (χ1v) is 7.99. The van der Waals surface area contributed by atoms with Crippen LogP contribution in [0.25, 0.3) is 0 Å². The van der Waals surface area contributed by atoms with E-state index in [1.54, 1.807) is 0 Å². The summed E-state index contributed by atoms with van der Waals surface area (Å²) in [6, 6.07) is 2.97. The van der Waals surface area contributed by atoms with Gasteiger partial charge in [0.2, 0.25) is 0 Å². The van der Waals surface area contributed by atoms with E-state index in [0.717, 1.165) is 32.6 Å². The standard InChI is InChI=1S/C16H32N4/c1-6-9-20(11-10-19(4)5)13-16(12-17,15-7-8-15)18-14(2)3/h14-15,18H,6-11,13H2,1-5H3. The van der Waals surface area contributed by atoms with Gasteiger partial charge in [-0.15, -0.1) is 0 Å². The normalized spacial score (nSPS) is 18.6. The molecule has 1 unspecified atom stereocenters. The Labute approximate surface area is 125 Å². The molecule has 1 N–H and O–H groups in total. The maximum Gasteiger partial charge on any atom is 0.122 e. The number of nitrogens with zero attached hydrogens (tertiary/aromatic N) is 3. The highest BCUT2D eigenvalue weighted by molar-refractivity contribution is 5.17. The first kappa shape index (κ1) is 17.4. The van der Waals surface area contributed by atoms with Crippen molar-refractivity contribution in [1.82, 2.24) is 15.1 Å². The van der Waals surface area contributed by atoms with E-state index in [1.165, 1.54) is 12.8 Å². The van der Waals surface area contributed by atoms with Gasteiger partial charge in [0.15, 0.2) is 0 Å². The molecule has 0 spiro atoms. The number of nitriles is 1. The third kappa shape index (κ3) is 5.40. The lowest BCUT2D eigenvalue weighted by Gasteiger charge is -2.36. The number of hydrogen-bond acceptors (Lipinski definition) is 4. The highest BCUT2D eigenvalue weighted by Crippen LogP contribution is 2.40. The van der Waals surface area contributed by atoms with E-state index in [2.05, 4.69) is 56.1 Å². The zero-order chi connectivity index (χ0) is 15.2. The fraction of sp³-hybridized carbons (Fsp3) is 0.938. The molecule has 1 aliphatic carbocycles. The highest BCUT2D eigenvalue weighted by atomic mass is 15.2. The minimum atomic E-state index is -0.352. The smallest absolute Gasteiger partial charge is 0.122 e. The Morgan fingerprint density at radius 2 is 1.90 bits per heavy atom. The van der Waals surface area contributed by atoms with Crippen molar-refractivity contribution in [2.24, 2.45) is 5.92 Å². The van der Waals surface area contributed by atoms with Crippen molar-refractivity contribution in [3.63, 3.8) is 0 Å². The van der Waals surface area contributed by atoms with Gasteiger partial charge in [0.1, 0.15) is 5.54 Å². The van der Waals surface area contributed by atoms with E-state index >= 15 is 0 Å². The molecule has 0 heterocycles. The SMILES string of the molecule is CCCN(CCN(C)C)CC(C#N)(NC(C)C)C1CC1. The third-order valence-corrected chi connectivity index (χ3v) is 3.90. The molecule has 1 saturated carbocycles. The second-order valence-electron chi connectivity index (χ2n) is 6.74. The van der Waals surface area contributed by atoms with Crippen LogP contribution in [0.3, 0.4) is 0 Å². The summed E-state index contributed by atoms with van der Waals surface area (Å²) in [5.41, 5.74) is -0.352. The van der Waals surface area contributed by atoms with Gasteiger partial charge < -0.3 is 4.90 Å². The van der Waals surface area contributed by atoms with Crippen LogP contribution >= 0.6 is 0 Å². The molecule has 0 aliphatic heterocycles. The van der Waals surface area contributed by atoms with Gasteiger partial charge in [-0.05, 0) is 59.7 Å². The summed E-state index contributed by atoms with van der Waals surface area (Å²) in [6.45, 7) is 10.5. The van der Waals surface area contributed by atoms with Crippen LogP contribution in [0.5, 0.6) is 0 Å². The molecule has 4 nitrogen and oxygen atoms in total.